The van der Waals surface area contributed by atoms with Crippen molar-refractivity contribution in [2.24, 2.45) is 0 Å². The Morgan fingerprint density at radius 2 is 1.65 bits per heavy atom. The van der Waals surface area contributed by atoms with Gasteiger partial charge in [-0.15, -0.1) is 0 Å². The number of non-ortho nitro benzene ring substituents is 1. The zero-order chi connectivity index (χ0) is 19.6. The van der Waals surface area contributed by atoms with Crippen molar-refractivity contribution in [3.63, 3.8) is 0 Å². The number of hydrogen-bond acceptors (Lipinski definition) is 6. The summed E-state index contributed by atoms with van der Waals surface area (Å²) in [6.45, 7) is 0. The van der Waals surface area contributed by atoms with Crippen molar-refractivity contribution in [3.05, 3.63) is 67.8 Å². The normalized spacial score (nSPS) is 10.9. The highest BCUT2D eigenvalue weighted by Gasteiger charge is 2.41. The van der Waals surface area contributed by atoms with E-state index in [0.29, 0.717) is 6.07 Å². The van der Waals surface area contributed by atoms with Crippen LogP contribution < -0.4 is 4.90 Å². The van der Waals surface area contributed by atoms with Crippen LogP contribution in [0.15, 0.2) is 36.4 Å². The Balaban J connectivity index is 2.77. The highest BCUT2D eigenvalue weighted by molar-refractivity contribution is 5.78. The number of rotatable bonds is 4. The molecule has 134 valence electrons. The fourth-order valence-electron chi connectivity index (χ4n) is 2.31. The molecule has 11 heteroatoms. The maximum atomic E-state index is 13.4. The Morgan fingerprint density at radius 1 is 1.08 bits per heavy atom. The Hall–Kier alpha value is -3.68. The molecule has 0 unspecified atom stereocenters. The quantitative estimate of drug-likeness (QED) is 0.593. The van der Waals surface area contributed by atoms with Gasteiger partial charge >= 0.3 is 6.18 Å². The van der Waals surface area contributed by atoms with Gasteiger partial charge in [0.25, 0.3) is 11.4 Å². The smallest absolute Gasteiger partial charge is 0.339 e. The van der Waals surface area contributed by atoms with Gasteiger partial charge in [-0.25, -0.2) is 0 Å². The molecule has 0 aromatic heterocycles. The van der Waals surface area contributed by atoms with Crippen LogP contribution in [0.3, 0.4) is 0 Å². The molecule has 0 saturated carbocycles. The summed E-state index contributed by atoms with van der Waals surface area (Å²) in [5, 5.41) is 30.9. The molecule has 0 atom stereocenters. The van der Waals surface area contributed by atoms with Crippen LogP contribution in [0.25, 0.3) is 0 Å². The van der Waals surface area contributed by atoms with Gasteiger partial charge in [0.05, 0.1) is 33.1 Å². The van der Waals surface area contributed by atoms with Crippen molar-refractivity contribution in [1.82, 2.24) is 0 Å². The van der Waals surface area contributed by atoms with E-state index < -0.39 is 38.6 Å². The highest BCUT2D eigenvalue weighted by atomic mass is 19.4. The summed E-state index contributed by atoms with van der Waals surface area (Å²) in [7, 11) is 1.16. The van der Waals surface area contributed by atoms with Crippen molar-refractivity contribution in [2.45, 2.75) is 6.18 Å². The Labute approximate surface area is 144 Å². The molecule has 0 saturated heterocycles. The summed E-state index contributed by atoms with van der Waals surface area (Å²) >= 11 is 0. The molecule has 8 nitrogen and oxygen atoms in total. The standard InChI is InChI=1S/C15H9F3N4O4/c1-20(10-4-2-9(8-19)3-5-10)14-12(15(16,17)18)6-11(21(23)24)7-13(14)22(25)26/h2-7H,1H3. The summed E-state index contributed by atoms with van der Waals surface area (Å²) in [6, 6.07) is 7.84. The molecule has 0 spiro atoms. The first kappa shape index (κ1) is 18.7. The van der Waals surface area contributed by atoms with Crippen molar-refractivity contribution < 1.29 is 23.0 Å². The molecule has 2 aromatic rings. The third-order valence-electron chi connectivity index (χ3n) is 3.51. The maximum Gasteiger partial charge on any atom is 0.418 e. The van der Waals surface area contributed by atoms with Gasteiger partial charge in [-0.2, -0.15) is 18.4 Å². The lowest BCUT2D eigenvalue weighted by atomic mass is 10.1. The third kappa shape index (κ3) is 3.54. The Bertz CT molecular complexity index is 920. The Morgan fingerprint density at radius 3 is 2.08 bits per heavy atom. The van der Waals surface area contributed by atoms with E-state index in [1.807, 2.05) is 6.07 Å². The van der Waals surface area contributed by atoms with Gasteiger partial charge in [-0.05, 0) is 24.3 Å². The fourth-order valence-corrected chi connectivity index (χ4v) is 2.31. The molecule has 0 amide bonds. The minimum absolute atomic E-state index is 0.131. The Kier molecular flexibility index (Phi) is 4.79. The first-order valence-electron chi connectivity index (χ1n) is 6.84. The SMILES string of the molecule is CN(c1ccc(C#N)cc1)c1c([N+](=O)[O-])cc([N+](=O)[O-])cc1C(F)(F)F. The maximum absolute atomic E-state index is 13.4. The lowest BCUT2D eigenvalue weighted by molar-refractivity contribution is -0.394. The van der Waals surface area contributed by atoms with E-state index in [4.69, 9.17) is 5.26 Å². The van der Waals surface area contributed by atoms with E-state index in [-0.39, 0.29) is 17.3 Å². The zero-order valence-electron chi connectivity index (χ0n) is 13.0. The fraction of sp³-hybridized carbons (Fsp3) is 0.133. The topological polar surface area (TPSA) is 113 Å². The van der Waals surface area contributed by atoms with Crippen LogP contribution in [-0.4, -0.2) is 16.9 Å². The average Bonchev–Trinajstić information content (AvgIpc) is 2.59. The first-order valence-corrected chi connectivity index (χ1v) is 6.84. The zero-order valence-corrected chi connectivity index (χ0v) is 13.0. The van der Waals surface area contributed by atoms with Crippen LogP contribution in [-0.2, 0) is 6.18 Å². The summed E-state index contributed by atoms with van der Waals surface area (Å²) in [4.78, 5) is 20.8. The van der Waals surface area contributed by atoms with Crippen LogP contribution in [0.2, 0.25) is 0 Å². The predicted octanol–water partition coefficient (Wildman–Crippen LogP) is 4.16. The number of nitro benzene ring substituents is 2. The van der Waals surface area contributed by atoms with Crippen LogP contribution in [0.5, 0.6) is 0 Å². The highest BCUT2D eigenvalue weighted by Crippen LogP contribution is 2.45. The molecule has 0 heterocycles. The largest absolute Gasteiger partial charge is 0.418 e. The second-order valence-electron chi connectivity index (χ2n) is 5.09. The minimum atomic E-state index is -5.06. The van der Waals surface area contributed by atoms with Gasteiger partial charge < -0.3 is 4.90 Å². The number of hydrogen-bond donors (Lipinski definition) is 0. The number of nitro groups is 2. The lowest BCUT2D eigenvalue weighted by Gasteiger charge is -2.23. The second kappa shape index (κ2) is 6.67. The van der Waals surface area contributed by atoms with Gasteiger partial charge in [0.1, 0.15) is 5.69 Å². The van der Waals surface area contributed by atoms with Crippen molar-refractivity contribution >= 4 is 22.7 Å². The van der Waals surface area contributed by atoms with Crippen molar-refractivity contribution in [3.8, 4) is 6.07 Å². The first-order chi connectivity index (χ1) is 12.1. The summed E-state index contributed by atoms with van der Waals surface area (Å²) in [6.07, 6.45) is -5.06. The molecule has 0 fully saturated rings. The van der Waals surface area contributed by atoms with E-state index in [2.05, 4.69) is 0 Å². The molecular weight excluding hydrogens is 357 g/mol. The predicted molar refractivity (Wildman–Crippen MR) is 84.0 cm³/mol. The summed E-state index contributed by atoms with van der Waals surface area (Å²) < 4.78 is 40.2. The number of benzene rings is 2. The number of anilines is 2. The molecule has 0 aliphatic rings. The van der Waals surface area contributed by atoms with E-state index in [9.17, 15) is 33.4 Å². The van der Waals surface area contributed by atoms with Crippen LogP contribution >= 0.6 is 0 Å². The van der Waals surface area contributed by atoms with E-state index >= 15 is 0 Å². The monoisotopic (exact) mass is 366 g/mol. The number of nitrogens with zero attached hydrogens (tertiary/aromatic N) is 4. The van der Waals surface area contributed by atoms with Gasteiger partial charge in [0.15, 0.2) is 0 Å². The van der Waals surface area contributed by atoms with Crippen molar-refractivity contribution in [1.29, 1.82) is 5.26 Å². The molecule has 0 aliphatic carbocycles. The number of halogens is 3. The minimum Gasteiger partial charge on any atom is -0.339 e. The van der Waals surface area contributed by atoms with Crippen LogP contribution in [0.4, 0.5) is 35.9 Å². The molecular formula is C15H9F3N4O4. The van der Waals surface area contributed by atoms with Gasteiger partial charge in [-0.3, -0.25) is 20.2 Å². The molecule has 2 aromatic carbocycles. The van der Waals surface area contributed by atoms with E-state index in [0.717, 1.165) is 11.9 Å². The van der Waals surface area contributed by atoms with Gasteiger partial charge in [0, 0.05) is 18.8 Å². The summed E-state index contributed by atoms with van der Waals surface area (Å²) in [5.41, 5.74) is -4.06. The van der Waals surface area contributed by atoms with E-state index in [1.165, 1.54) is 24.3 Å². The number of nitriles is 1. The molecule has 0 radical (unpaired) electrons. The lowest BCUT2D eigenvalue weighted by Crippen LogP contribution is -2.18. The molecule has 2 rings (SSSR count). The van der Waals surface area contributed by atoms with Gasteiger partial charge in [0.2, 0.25) is 0 Å². The summed E-state index contributed by atoms with van der Waals surface area (Å²) in [5.74, 6) is 0. The van der Waals surface area contributed by atoms with Gasteiger partial charge in [-0.1, -0.05) is 0 Å². The molecule has 0 aliphatic heterocycles. The molecule has 0 N–H and O–H groups in total. The number of alkyl halides is 3. The molecule has 26 heavy (non-hydrogen) atoms. The third-order valence-corrected chi connectivity index (χ3v) is 3.51. The van der Waals surface area contributed by atoms with Crippen molar-refractivity contribution in [2.75, 3.05) is 11.9 Å². The van der Waals surface area contributed by atoms with Crippen LogP contribution in [0.1, 0.15) is 11.1 Å². The molecule has 0 bridgehead atoms. The average molecular weight is 366 g/mol. The van der Waals surface area contributed by atoms with E-state index in [1.54, 1.807) is 0 Å². The second-order valence-corrected chi connectivity index (χ2v) is 5.09. The van der Waals surface area contributed by atoms with Crippen LogP contribution in [0, 0.1) is 31.6 Å².